The van der Waals surface area contributed by atoms with Crippen LogP contribution in [0.15, 0.2) is 42.7 Å². The number of anilines is 3. The molecule has 0 radical (unpaired) electrons. The first-order valence-electron chi connectivity index (χ1n) is 8.45. The zero-order valence-electron chi connectivity index (χ0n) is 14.1. The Bertz CT molecular complexity index is 953. The van der Waals surface area contributed by atoms with E-state index in [0.717, 1.165) is 36.1 Å². The molecule has 2 aromatic heterocycles. The van der Waals surface area contributed by atoms with Crippen LogP contribution in [0.3, 0.4) is 0 Å². The number of nitrogens with two attached hydrogens (primary N) is 1. The van der Waals surface area contributed by atoms with Crippen molar-refractivity contribution in [3.05, 3.63) is 48.4 Å². The first-order valence-corrected chi connectivity index (χ1v) is 8.45. The van der Waals surface area contributed by atoms with Gasteiger partial charge in [-0.15, -0.1) is 0 Å². The van der Waals surface area contributed by atoms with Gasteiger partial charge in [-0.2, -0.15) is 0 Å². The highest BCUT2D eigenvalue weighted by atomic mass is 16.1. The summed E-state index contributed by atoms with van der Waals surface area (Å²) in [7, 11) is 0. The van der Waals surface area contributed by atoms with Gasteiger partial charge in [0.15, 0.2) is 11.5 Å². The van der Waals surface area contributed by atoms with Crippen LogP contribution in [0.5, 0.6) is 0 Å². The second kappa shape index (κ2) is 6.93. The highest BCUT2D eigenvalue weighted by Gasteiger charge is 2.17. The number of hydrogen-bond donors (Lipinski definition) is 4. The fraction of sp³-hybridized carbons (Fsp3) is 0.222. The van der Waals surface area contributed by atoms with Crippen molar-refractivity contribution in [1.29, 1.82) is 0 Å². The zero-order chi connectivity index (χ0) is 17.9. The van der Waals surface area contributed by atoms with Gasteiger partial charge in [0.05, 0.1) is 11.7 Å². The van der Waals surface area contributed by atoms with Gasteiger partial charge in [-0.25, -0.2) is 9.97 Å². The van der Waals surface area contributed by atoms with Crippen molar-refractivity contribution in [3.8, 4) is 0 Å². The summed E-state index contributed by atoms with van der Waals surface area (Å²) >= 11 is 0. The van der Waals surface area contributed by atoms with Crippen LogP contribution in [0.1, 0.15) is 16.9 Å². The van der Waals surface area contributed by atoms with Gasteiger partial charge in [-0.3, -0.25) is 9.78 Å². The minimum Gasteiger partial charge on any atom is -0.365 e. The summed E-state index contributed by atoms with van der Waals surface area (Å²) in [4.78, 5) is 24.7. The highest BCUT2D eigenvalue weighted by molar-refractivity contribution is 5.96. The Morgan fingerprint density at radius 3 is 3.00 bits per heavy atom. The number of carbonyl (C=O) groups is 1. The molecular formula is C18H19N7O. The number of pyridine rings is 1. The quantitative estimate of drug-likeness (QED) is 0.553. The molecule has 26 heavy (non-hydrogen) atoms. The Kier molecular flexibility index (Phi) is 4.32. The van der Waals surface area contributed by atoms with Crippen molar-refractivity contribution in [2.24, 2.45) is 5.73 Å². The summed E-state index contributed by atoms with van der Waals surface area (Å²) in [5.41, 5.74) is 7.23. The van der Waals surface area contributed by atoms with Crippen molar-refractivity contribution < 1.29 is 4.79 Å². The van der Waals surface area contributed by atoms with Crippen LogP contribution in [0.4, 0.5) is 17.3 Å². The summed E-state index contributed by atoms with van der Waals surface area (Å²) in [5.74, 6) is 0.307. The summed E-state index contributed by atoms with van der Waals surface area (Å²) in [6.07, 6.45) is 4.30. The van der Waals surface area contributed by atoms with Crippen LogP contribution in [0, 0.1) is 0 Å². The van der Waals surface area contributed by atoms with Gasteiger partial charge in [-0.1, -0.05) is 6.07 Å². The molecule has 4 rings (SSSR count). The standard InChI is InChI=1S/C18H19N7O/c19-17(26)16-18(25-15(10-22-16)23-13-5-7-20-9-13)24-12-3-4-14-11(8-12)2-1-6-21-14/h1-4,6,8,10,13,20H,5,7,9H2,(H2,19,26)(H2,23,24,25)/t13-/m0/s1. The second-order valence-electron chi connectivity index (χ2n) is 6.19. The average Bonchev–Trinajstić information content (AvgIpc) is 3.14. The molecule has 0 unspecified atom stereocenters. The molecule has 0 saturated carbocycles. The lowest BCUT2D eigenvalue weighted by atomic mass is 10.2. The molecule has 132 valence electrons. The first-order chi connectivity index (χ1) is 12.7. The van der Waals surface area contributed by atoms with Crippen molar-refractivity contribution in [2.75, 3.05) is 23.7 Å². The monoisotopic (exact) mass is 349 g/mol. The number of nitrogens with zero attached hydrogens (tertiary/aromatic N) is 3. The highest BCUT2D eigenvalue weighted by Crippen LogP contribution is 2.23. The summed E-state index contributed by atoms with van der Waals surface area (Å²) < 4.78 is 0. The fourth-order valence-corrected chi connectivity index (χ4v) is 3.00. The lowest BCUT2D eigenvalue weighted by molar-refractivity contribution is 0.0996. The molecule has 5 N–H and O–H groups in total. The van der Waals surface area contributed by atoms with Gasteiger partial charge < -0.3 is 21.7 Å². The normalized spacial score (nSPS) is 16.5. The topological polar surface area (TPSA) is 118 Å². The maximum absolute atomic E-state index is 11.7. The van der Waals surface area contributed by atoms with E-state index in [-0.39, 0.29) is 5.69 Å². The molecule has 0 bridgehead atoms. The van der Waals surface area contributed by atoms with Crippen LogP contribution in [-0.4, -0.2) is 40.0 Å². The molecule has 1 aliphatic rings. The number of nitrogens with one attached hydrogen (secondary N) is 3. The number of fused-ring (bicyclic) bond motifs is 1. The van der Waals surface area contributed by atoms with E-state index in [9.17, 15) is 4.79 Å². The molecule has 8 nitrogen and oxygen atoms in total. The number of carbonyl (C=O) groups excluding carboxylic acids is 1. The number of primary amides is 1. The van der Waals surface area contributed by atoms with Crippen molar-refractivity contribution in [1.82, 2.24) is 20.3 Å². The molecule has 1 aromatic carbocycles. The minimum absolute atomic E-state index is 0.103. The minimum atomic E-state index is -0.628. The van der Waals surface area contributed by atoms with E-state index >= 15 is 0 Å². The van der Waals surface area contributed by atoms with Gasteiger partial charge in [0.1, 0.15) is 5.82 Å². The van der Waals surface area contributed by atoms with E-state index in [1.807, 2.05) is 30.3 Å². The third-order valence-corrected chi connectivity index (χ3v) is 4.28. The lowest BCUT2D eigenvalue weighted by Crippen LogP contribution is -2.24. The molecule has 8 heteroatoms. The maximum Gasteiger partial charge on any atom is 0.271 e. The van der Waals surface area contributed by atoms with Gasteiger partial charge in [0, 0.05) is 29.9 Å². The first kappa shape index (κ1) is 16.2. The molecule has 0 spiro atoms. The number of amides is 1. The van der Waals surface area contributed by atoms with E-state index in [0.29, 0.717) is 17.7 Å². The van der Waals surface area contributed by atoms with Gasteiger partial charge in [0.2, 0.25) is 0 Å². The van der Waals surface area contributed by atoms with E-state index in [1.54, 1.807) is 6.20 Å². The molecule has 3 aromatic rings. The summed E-state index contributed by atoms with van der Waals surface area (Å²) in [5, 5.41) is 10.7. The number of aromatic nitrogens is 3. The Morgan fingerprint density at radius 1 is 1.27 bits per heavy atom. The third-order valence-electron chi connectivity index (χ3n) is 4.28. The van der Waals surface area contributed by atoms with E-state index in [4.69, 9.17) is 5.73 Å². The molecule has 1 saturated heterocycles. The number of benzene rings is 1. The van der Waals surface area contributed by atoms with Crippen LogP contribution in [0.25, 0.3) is 10.9 Å². The zero-order valence-corrected chi connectivity index (χ0v) is 14.1. The Hall–Kier alpha value is -3.26. The van der Waals surface area contributed by atoms with Gasteiger partial charge in [0.25, 0.3) is 5.91 Å². The smallest absolute Gasteiger partial charge is 0.271 e. The van der Waals surface area contributed by atoms with Gasteiger partial charge in [-0.05, 0) is 37.2 Å². The van der Waals surface area contributed by atoms with Crippen molar-refractivity contribution in [3.63, 3.8) is 0 Å². The molecule has 1 aliphatic heterocycles. The maximum atomic E-state index is 11.7. The fourth-order valence-electron chi connectivity index (χ4n) is 3.00. The van der Waals surface area contributed by atoms with E-state index in [1.165, 1.54) is 6.20 Å². The van der Waals surface area contributed by atoms with Crippen molar-refractivity contribution in [2.45, 2.75) is 12.5 Å². The second-order valence-corrected chi connectivity index (χ2v) is 6.19. The molecule has 0 aliphatic carbocycles. The predicted molar refractivity (Wildman–Crippen MR) is 100 cm³/mol. The Labute approximate surface area is 150 Å². The Balaban J connectivity index is 1.64. The van der Waals surface area contributed by atoms with Crippen LogP contribution in [-0.2, 0) is 0 Å². The molecule has 1 amide bonds. The molecule has 1 fully saturated rings. The molecule has 1 atom stereocenters. The van der Waals surface area contributed by atoms with Crippen molar-refractivity contribution >= 4 is 34.1 Å². The van der Waals surface area contributed by atoms with E-state index in [2.05, 4.69) is 30.9 Å². The molecule has 3 heterocycles. The van der Waals surface area contributed by atoms with Crippen LogP contribution < -0.4 is 21.7 Å². The average molecular weight is 349 g/mol. The number of rotatable bonds is 5. The lowest BCUT2D eigenvalue weighted by Gasteiger charge is -2.14. The Morgan fingerprint density at radius 2 is 2.19 bits per heavy atom. The van der Waals surface area contributed by atoms with Crippen LogP contribution >= 0.6 is 0 Å². The summed E-state index contributed by atoms with van der Waals surface area (Å²) in [6, 6.07) is 9.86. The number of hydrogen-bond acceptors (Lipinski definition) is 7. The van der Waals surface area contributed by atoms with Crippen LogP contribution in [0.2, 0.25) is 0 Å². The third kappa shape index (κ3) is 3.40. The molecular weight excluding hydrogens is 330 g/mol. The van der Waals surface area contributed by atoms with Gasteiger partial charge >= 0.3 is 0 Å². The predicted octanol–water partition coefficient (Wildman–Crippen LogP) is 1.64. The summed E-state index contributed by atoms with van der Waals surface area (Å²) in [6.45, 7) is 1.85. The largest absolute Gasteiger partial charge is 0.365 e. The van der Waals surface area contributed by atoms with E-state index < -0.39 is 5.91 Å². The SMILES string of the molecule is NC(=O)c1ncc(N[C@H]2CCNC2)nc1Nc1ccc2ncccc2c1.